The van der Waals surface area contributed by atoms with Gasteiger partial charge in [0.2, 0.25) is 0 Å². The Kier molecular flexibility index (Phi) is 3.59. The fraction of sp³-hybridized carbons (Fsp3) is 0.385. The van der Waals surface area contributed by atoms with Gasteiger partial charge in [0.05, 0.1) is 0 Å². The first kappa shape index (κ1) is 13.2. The van der Waals surface area contributed by atoms with Gasteiger partial charge in [-0.3, -0.25) is 4.79 Å². The lowest BCUT2D eigenvalue weighted by Gasteiger charge is -2.09. The van der Waals surface area contributed by atoms with Gasteiger partial charge in [-0.25, -0.2) is 9.97 Å². The molecule has 0 saturated carbocycles. The quantitative estimate of drug-likeness (QED) is 0.909. The van der Waals surface area contributed by atoms with Gasteiger partial charge < -0.3 is 5.32 Å². The Morgan fingerprint density at radius 3 is 2.58 bits per heavy atom. The number of aromatic nitrogens is 4. The summed E-state index contributed by atoms with van der Waals surface area (Å²) in [6, 6.07) is 5.55. The first-order valence-corrected chi connectivity index (χ1v) is 6.16. The van der Waals surface area contributed by atoms with E-state index in [-0.39, 0.29) is 11.9 Å². The summed E-state index contributed by atoms with van der Waals surface area (Å²) in [6.07, 6.45) is 0. The van der Waals surface area contributed by atoms with Crippen LogP contribution in [-0.2, 0) is 0 Å². The molecule has 2 heterocycles. The zero-order valence-corrected chi connectivity index (χ0v) is 11.5. The standard InChI is InChI=1S/C13H17N5O/c1-8(2)14-12-7-5-6-11(16-12)13(19)18-10(4)15-9(3)17-18/h5-8H,1-4H3,(H,14,16). The van der Waals surface area contributed by atoms with E-state index in [2.05, 4.69) is 20.4 Å². The predicted molar refractivity (Wildman–Crippen MR) is 72.2 cm³/mol. The molecule has 0 atom stereocenters. The molecule has 19 heavy (non-hydrogen) atoms. The van der Waals surface area contributed by atoms with Crippen molar-refractivity contribution < 1.29 is 4.79 Å². The maximum Gasteiger partial charge on any atom is 0.298 e. The Labute approximate surface area is 111 Å². The molecular weight excluding hydrogens is 242 g/mol. The molecule has 0 bridgehead atoms. The summed E-state index contributed by atoms with van der Waals surface area (Å²) in [5, 5.41) is 7.24. The van der Waals surface area contributed by atoms with Crippen LogP contribution in [0.1, 0.15) is 36.0 Å². The van der Waals surface area contributed by atoms with Gasteiger partial charge in [-0.1, -0.05) is 6.07 Å². The van der Waals surface area contributed by atoms with Crippen molar-refractivity contribution in [3.8, 4) is 0 Å². The average molecular weight is 259 g/mol. The molecule has 2 aromatic rings. The van der Waals surface area contributed by atoms with Crippen LogP contribution in [0.4, 0.5) is 5.82 Å². The van der Waals surface area contributed by atoms with E-state index >= 15 is 0 Å². The number of nitrogens with one attached hydrogen (secondary N) is 1. The molecule has 0 amide bonds. The van der Waals surface area contributed by atoms with Crippen molar-refractivity contribution in [3.63, 3.8) is 0 Å². The minimum absolute atomic E-state index is 0.258. The highest BCUT2D eigenvalue weighted by molar-refractivity contribution is 5.94. The minimum Gasteiger partial charge on any atom is -0.368 e. The van der Waals surface area contributed by atoms with Gasteiger partial charge in [0, 0.05) is 6.04 Å². The molecule has 2 rings (SSSR count). The lowest BCUT2D eigenvalue weighted by atomic mass is 10.3. The van der Waals surface area contributed by atoms with Crippen molar-refractivity contribution in [1.82, 2.24) is 19.7 Å². The number of hydrogen-bond acceptors (Lipinski definition) is 5. The number of pyridine rings is 1. The van der Waals surface area contributed by atoms with Crippen LogP contribution in [0.2, 0.25) is 0 Å². The van der Waals surface area contributed by atoms with Crippen LogP contribution in [0, 0.1) is 13.8 Å². The molecule has 0 aliphatic carbocycles. The highest BCUT2D eigenvalue weighted by atomic mass is 16.2. The van der Waals surface area contributed by atoms with E-state index in [1.165, 1.54) is 4.68 Å². The summed E-state index contributed by atoms with van der Waals surface area (Å²) in [4.78, 5) is 20.7. The zero-order valence-electron chi connectivity index (χ0n) is 11.5. The smallest absolute Gasteiger partial charge is 0.298 e. The number of carbonyl (C=O) groups excluding carboxylic acids is 1. The van der Waals surface area contributed by atoms with Crippen LogP contribution >= 0.6 is 0 Å². The molecule has 6 nitrogen and oxygen atoms in total. The number of anilines is 1. The third-order valence-electron chi connectivity index (χ3n) is 2.47. The average Bonchev–Trinajstić information content (AvgIpc) is 2.67. The summed E-state index contributed by atoms with van der Waals surface area (Å²) >= 11 is 0. The third kappa shape index (κ3) is 2.96. The molecule has 2 aromatic heterocycles. The Morgan fingerprint density at radius 1 is 1.26 bits per heavy atom. The molecule has 0 radical (unpaired) electrons. The maximum atomic E-state index is 12.3. The summed E-state index contributed by atoms with van der Waals surface area (Å²) in [5.74, 6) is 1.54. The van der Waals surface area contributed by atoms with Crippen LogP contribution in [0.3, 0.4) is 0 Å². The van der Waals surface area contributed by atoms with Gasteiger partial charge in [-0.05, 0) is 39.8 Å². The topological polar surface area (TPSA) is 72.7 Å². The summed E-state index contributed by atoms with van der Waals surface area (Å²) in [5.41, 5.74) is 0.346. The van der Waals surface area contributed by atoms with Gasteiger partial charge in [-0.2, -0.15) is 4.68 Å². The molecule has 0 spiro atoms. The van der Waals surface area contributed by atoms with Gasteiger partial charge in [0.1, 0.15) is 23.2 Å². The van der Waals surface area contributed by atoms with Gasteiger partial charge in [-0.15, -0.1) is 5.10 Å². The Hall–Kier alpha value is -2.24. The normalized spacial score (nSPS) is 10.8. The summed E-state index contributed by atoms with van der Waals surface area (Å²) < 4.78 is 1.27. The van der Waals surface area contributed by atoms with Crippen molar-refractivity contribution >= 4 is 11.7 Å². The monoisotopic (exact) mass is 259 g/mol. The number of nitrogens with zero attached hydrogens (tertiary/aromatic N) is 4. The Bertz CT molecular complexity index is 603. The molecular formula is C13H17N5O. The number of hydrogen-bond donors (Lipinski definition) is 1. The molecule has 0 aromatic carbocycles. The van der Waals surface area contributed by atoms with Crippen molar-refractivity contribution in [2.45, 2.75) is 33.7 Å². The van der Waals surface area contributed by atoms with Crippen LogP contribution < -0.4 is 5.32 Å². The second kappa shape index (κ2) is 5.17. The Morgan fingerprint density at radius 2 is 2.00 bits per heavy atom. The molecule has 100 valence electrons. The van der Waals surface area contributed by atoms with E-state index in [1.807, 2.05) is 19.9 Å². The first-order valence-electron chi connectivity index (χ1n) is 6.16. The SMILES string of the molecule is Cc1nc(C)n(C(=O)c2cccc(NC(C)C)n2)n1. The minimum atomic E-state index is -0.273. The molecule has 0 unspecified atom stereocenters. The van der Waals surface area contributed by atoms with Crippen LogP contribution in [0.5, 0.6) is 0 Å². The second-order valence-electron chi connectivity index (χ2n) is 4.63. The molecule has 0 aliphatic heterocycles. The van der Waals surface area contributed by atoms with Crippen molar-refractivity contribution in [3.05, 3.63) is 35.5 Å². The van der Waals surface area contributed by atoms with E-state index in [1.54, 1.807) is 26.0 Å². The molecule has 0 aliphatic rings. The van der Waals surface area contributed by atoms with Crippen molar-refractivity contribution in [2.24, 2.45) is 0 Å². The van der Waals surface area contributed by atoms with Crippen LogP contribution in [0.15, 0.2) is 18.2 Å². The lowest BCUT2D eigenvalue weighted by molar-refractivity contribution is 0.0937. The van der Waals surface area contributed by atoms with E-state index in [4.69, 9.17) is 0 Å². The fourth-order valence-corrected chi connectivity index (χ4v) is 1.75. The van der Waals surface area contributed by atoms with E-state index in [9.17, 15) is 4.79 Å². The Balaban J connectivity index is 2.31. The number of carbonyl (C=O) groups is 1. The van der Waals surface area contributed by atoms with Gasteiger partial charge >= 0.3 is 0 Å². The third-order valence-corrected chi connectivity index (χ3v) is 2.47. The first-order chi connectivity index (χ1) is 8.97. The van der Waals surface area contributed by atoms with E-state index in [0.717, 1.165) is 0 Å². The predicted octanol–water partition coefficient (Wildman–Crippen LogP) is 1.80. The van der Waals surface area contributed by atoms with Crippen molar-refractivity contribution in [2.75, 3.05) is 5.32 Å². The highest BCUT2D eigenvalue weighted by Gasteiger charge is 2.15. The number of rotatable bonds is 3. The van der Waals surface area contributed by atoms with E-state index in [0.29, 0.717) is 23.2 Å². The van der Waals surface area contributed by atoms with Crippen LogP contribution in [-0.4, -0.2) is 31.7 Å². The highest BCUT2D eigenvalue weighted by Crippen LogP contribution is 2.08. The van der Waals surface area contributed by atoms with E-state index < -0.39 is 0 Å². The fourth-order valence-electron chi connectivity index (χ4n) is 1.75. The second-order valence-corrected chi connectivity index (χ2v) is 4.63. The molecule has 6 heteroatoms. The summed E-state index contributed by atoms with van der Waals surface area (Å²) in [6.45, 7) is 7.53. The van der Waals surface area contributed by atoms with Gasteiger partial charge in [0.15, 0.2) is 0 Å². The van der Waals surface area contributed by atoms with Gasteiger partial charge in [0.25, 0.3) is 5.91 Å². The zero-order chi connectivity index (χ0) is 14.0. The molecule has 0 fully saturated rings. The lowest BCUT2D eigenvalue weighted by Crippen LogP contribution is -2.18. The largest absolute Gasteiger partial charge is 0.368 e. The number of aryl methyl sites for hydroxylation is 2. The molecule has 1 N–H and O–H groups in total. The summed E-state index contributed by atoms with van der Waals surface area (Å²) in [7, 11) is 0. The van der Waals surface area contributed by atoms with Crippen LogP contribution in [0.25, 0.3) is 0 Å². The van der Waals surface area contributed by atoms with Crippen molar-refractivity contribution in [1.29, 1.82) is 0 Å². The maximum absolute atomic E-state index is 12.3. The molecule has 0 saturated heterocycles.